The maximum atomic E-state index is 13.0. The second-order valence-electron chi connectivity index (χ2n) is 8.71. The van der Waals surface area contributed by atoms with Crippen LogP contribution >= 0.6 is 0 Å². The zero-order valence-corrected chi connectivity index (χ0v) is 19.6. The number of aryl methyl sites for hydroxylation is 2. The van der Waals surface area contributed by atoms with E-state index in [0.29, 0.717) is 17.2 Å². The van der Waals surface area contributed by atoms with E-state index in [-0.39, 0.29) is 0 Å². The highest BCUT2D eigenvalue weighted by Crippen LogP contribution is 2.30. The number of nitrogens with zero attached hydrogens (tertiary/aromatic N) is 4. The molecule has 1 aliphatic carbocycles. The predicted octanol–water partition coefficient (Wildman–Crippen LogP) is 2.84. The molecule has 186 valence electrons. The van der Waals surface area contributed by atoms with Crippen LogP contribution in [0.1, 0.15) is 27.9 Å². The molecule has 2 aromatic carbocycles. The topological polar surface area (TPSA) is 155 Å². The van der Waals surface area contributed by atoms with Gasteiger partial charge in [-0.15, -0.1) is 0 Å². The average molecular weight is 498 g/mol. The van der Waals surface area contributed by atoms with Crippen molar-refractivity contribution in [3.63, 3.8) is 0 Å². The SMILES string of the molecule is NC(=O)c1cc([N+](=O)[O-])cn(CC(=O)Nc2cc(-c3ccc4c(c3)CCC4)nn2-c2ccccc2)c1=O. The highest BCUT2D eigenvalue weighted by Gasteiger charge is 2.20. The van der Waals surface area contributed by atoms with E-state index in [0.717, 1.165) is 41.7 Å². The monoisotopic (exact) mass is 498 g/mol. The number of nitrogens with one attached hydrogen (secondary N) is 1. The fraction of sp³-hybridized carbons (Fsp3) is 0.154. The van der Waals surface area contributed by atoms with Gasteiger partial charge in [0.25, 0.3) is 17.2 Å². The number of carbonyl (C=O) groups is 2. The first-order valence-corrected chi connectivity index (χ1v) is 11.6. The van der Waals surface area contributed by atoms with E-state index < -0.39 is 40.1 Å². The molecule has 2 aromatic heterocycles. The first-order valence-electron chi connectivity index (χ1n) is 11.6. The van der Waals surface area contributed by atoms with Crippen LogP contribution in [0.5, 0.6) is 0 Å². The number of amides is 2. The van der Waals surface area contributed by atoms with E-state index in [1.54, 1.807) is 10.7 Å². The summed E-state index contributed by atoms with van der Waals surface area (Å²) in [5, 5.41) is 18.7. The second-order valence-corrected chi connectivity index (χ2v) is 8.71. The zero-order valence-electron chi connectivity index (χ0n) is 19.6. The lowest BCUT2D eigenvalue weighted by molar-refractivity contribution is -0.385. The molecule has 0 fully saturated rings. The van der Waals surface area contributed by atoms with E-state index >= 15 is 0 Å². The first kappa shape index (κ1) is 23.7. The Labute approximate surface area is 210 Å². The van der Waals surface area contributed by atoms with Crippen molar-refractivity contribution in [1.29, 1.82) is 0 Å². The summed E-state index contributed by atoms with van der Waals surface area (Å²) in [6, 6.07) is 17.9. The third-order valence-corrected chi connectivity index (χ3v) is 6.23. The second kappa shape index (κ2) is 9.53. The molecule has 1 aliphatic rings. The summed E-state index contributed by atoms with van der Waals surface area (Å²) >= 11 is 0. The zero-order chi connectivity index (χ0) is 26.1. The van der Waals surface area contributed by atoms with Gasteiger partial charge in [-0.2, -0.15) is 5.10 Å². The number of nitro groups is 1. The van der Waals surface area contributed by atoms with Crippen LogP contribution in [-0.4, -0.2) is 31.1 Å². The Morgan fingerprint density at radius 2 is 1.81 bits per heavy atom. The first-order chi connectivity index (χ1) is 17.8. The summed E-state index contributed by atoms with van der Waals surface area (Å²) in [6.07, 6.45) is 4.09. The molecule has 37 heavy (non-hydrogen) atoms. The van der Waals surface area contributed by atoms with Crippen molar-refractivity contribution in [2.24, 2.45) is 5.73 Å². The van der Waals surface area contributed by atoms with E-state index in [2.05, 4.69) is 17.4 Å². The van der Waals surface area contributed by atoms with E-state index in [4.69, 9.17) is 10.8 Å². The number of anilines is 1. The highest BCUT2D eigenvalue weighted by molar-refractivity contribution is 5.93. The van der Waals surface area contributed by atoms with Crippen molar-refractivity contribution in [3.8, 4) is 16.9 Å². The molecule has 0 atom stereocenters. The van der Waals surface area contributed by atoms with E-state index in [1.165, 1.54) is 11.1 Å². The lowest BCUT2D eigenvalue weighted by Crippen LogP contribution is -2.33. The predicted molar refractivity (Wildman–Crippen MR) is 136 cm³/mol. The molecule has 11 heteroatoms. The molecule has 0 radical (unpaired) electrons. The summed E-state index contributed by atoms with van der Waals surface area (Å²) in [5.74, 6) is -1.42. The van der Waals surface area contributed by atoms with Gasteiger partial charge in [-0.1, -0.05) is 30.3 Å². The molecule has 2 heterocycles. The minimum Gasteiger partial charge on any atom is -0.365 e. The smallest absolute Gasteiger partial charge is 0.286 e. The molecular formula is C26H22N6O5. The maximum Gasteiger partial charge on any atom is 0.286 e. The standard InChI is InChI=1S/C26H22N6O5/c27-25(34)21-12-20(32(36)37)14-30(26(21)35)15-24(33)28-23-13-22(29-31(23)19-7-2-1-3-8-19)18-10-9-16-5-4-6-17(16)11-18/h1-3,7-14H,4-6,15H2,(H2,27,34)(H,28,33). The number of para-hydroxylation sites is 1. The lowest BCUT2D eigenvalue weighted by Gasteiger charge is -2.10. The molecule has 0 unspecified atom stereocenters. The molecule has 0 bridgehead atoms. The quantitative estimate of drug-likeness (QED) is 0.295. The van der Waals surface area contributed by atoms with Crippen molar-refractivity contribution < 1.29 is 14.5 Å². The molecule has 4 aromatic rings. The number of rotatable bonds is 7. The van der Waals surface area contributed by atoms with Crippen molar-refractivity contribution in [1.82, 2.24) is 14.3 Å². The van der Waals surface area contributed by atoms with Gasteiger partial charge in [0.1, 0.15) is 17.9 Å². The molecule has 3 N–H and O–H groups in total. The summed E-state index contributed by atoms with van der Waals surface area (Å²) in [6.45, 7) is -0.574. The highest BCUT2D eigenvalue weighted by atomic mass is 16.6. The third kappa shape index (κ3) is 4.74. The van der Waals surface area contributed by atoms with Gasteiger partial charge in [0.05, 0.1) is 22.5 Å². The fourth-order valence-corrected chi connectivity index (χ4v) is 4.46. The van der Waals surface area contributed by atoms with Crippen molar-refractivity contribution in [2.75, 3.05) is 5.32 Å². The maximum absolute atomic E-state index is 13.0. The number of primary amides is 1. The van der Waals surface area contributed by atoms with Crippen LogP contribution in [-0.2, 0) is 24.2 Å². The van der Waals surface area contributed by atoms with Crippen LogP contribution in [0.15, 0.2) is 71.7 Å². The molecular weight excluding hydrogens is 476 g/mol. The Balaban J connectivity index is 1.49. The number of pyridine rings is 1. The molecule has 0 saturated carbocycles. The molecule has 0 saturated heterocycles. The summed E-state index contributed by atoms with van der Waals surface area (Å²) in [7, 11) is 0. The van der Waals surface area contributed by atoms with Gasteiger partial charge in [0, 0.05) is 17.7 Å². The lowest BCUT2D eigenvalue weighted by atomic mass is 10.0. The average Bonchev–Trinajstić information content (AvgIpc) is 3.52. The summed E-state index contributed by atoms with van der Waals surface area (Å²) in [4.78, 5) is 47.7. The van der Waals surface area contributed by atoms with E-state index in [9.17, 15) is 24.5 Å². The van der Waals surface area contributed by atoms with Crippen molar-refractivity contribution >= 4 is 23.3 Å². The van der Waals surface area contributed by atoms with Gasteiger partial charge in [0.2, 0.25) is 5.91 Å². The number of aromatic nitrogens is 3. The van der Waals surface area contributed by atoms with E-state index in [1.807, 2.05) is 36.4 Å². The van der Waals surface area contributed by atoms with Gasteiger partial charge < -0.3 is 11.1 Å². The normalized spacial score (nSPS) is 12.2. The van der Waals surface area contributed by atoms with Gasteiger partial charge >= 0.3 is 0 Å². The minimum atomic E-state index is -1.12. The fourth-order valence-electron chi connectivity index (χ4n) is 4.46. The molecule has 0 spiro atoms. The molecule has 11 nitrogen and oxygen atoms in total. The Morgan fingerprint density at radius 3 is 2.54 bits per heavy atom. The van der Waals surface area contributed by atoms with Crippen LogP contribution in [0.2, 0.25) is 0 Å². The number of benzene rings is 2. The Morgan fingerprint density at radius 1 is 1.05 bits per heavy atom. The Kier molecular flexibility index (Phi) is 6.10. The third-order valence-electron chi connectivity index (χ3n) is 6.23. The molecule has 5 rings (SSSR count). The van der Waals surface area contributed by atoms with Crippen LogP contribution < -0.4 is 16.6 Å². The molecule has 0 aliphatic heterocycles. The number of fused-ring (bicyclic) bond motifs is 1. The summed E-state index contributed by atoms with van der Waals surface area (Å²) in [5.41, 5.74) is 8.07. The van der Waals surface area contributed by atoms with Gasteiger partial charge in [0.15, 0.2) is 0 Å². The van der Waals surface area contributed by atoms with Crippen LogP contribution in [0.4, 0.5) is 11.5 Å². The van der Waals surface area contributed by atoms with Gasteiger partial charge in [-0.3, -0.25) is 29.1 Å². The van der Waals surface area contributed by atoms with Crippen molar-refractivity contribution in [2.45, 2.75) is 25.8 Å². The number of hydrogen-bond acceptors (Lipinski definition) is 6. The minimum absolute atomic E-state index is 0.348. The van der Waals surface area contributed by atoms with Crippen molar-refractivity contribution in [3.05, 3.63) is 104 Å². The van der Waals surface area contributed by atoms with Crippen LogP contribution in [0, 0.1) is 10.1 Å². The Hall–Kier alpha value is -5.06. The summed E-state index contributed by atoms with van der Waals surface area (Å²) < 4.78 is 2.36. The van der Waals surface area contributed by atoms with Crippen LogP contribution in [0.25, 0.3) is 16.9 Å². The number of carbonyl (C=O) groups excluding carboxylic acids is 2. The number of hydrogen-bond donors (Lipinski definition) is 2. The number of nitrogens with two attached hydrogens (primary N) is 1. The van der Waals surface area contributed by atoms with Gasteiger partial charge in [-0.05, 0) is 48.6 Å². The van der Waals surface area contributed by atoms with Crippen LogP contribution in [0.3, 0.4) is 0 Å². The Bertz CT molecular complexity index is 1610. The molecule has 2 amide bonds. The largest absolute Gasteiger partial charge is 0.365 e. The van der Waals surface area contributed by atoms with Gasteiger partial charge in [-0.25, -0.2) is 4.68 Å².